The highest BCUT2D eigenvalue weighted by Gasteiger charge is 2.48. The lowest BCUT2D eigenvalue weighted by molar-refractivity contribution is 0.382. The molecule has 0 bridgehead atoms. The van der Waals surface area contributed by atoms with Crippen LogP contribution in [-0.2, 0) is 5.41 Å². The van der Waals surface area contributed by atoms with Gasteiger partial charge in [0.25, 0.3) is 0 Å². The Hall–Kier alpha value is -2.29. The highest BCUT2D eigenvalue weighted by molar-refractivity contribution is 5.86. The molecule has 1 aromatic heterocycles. The van der Waals surface area contributed by atoms with Crippen molar-refractivity contribution in [3.63, 3.8) is 0 Å². The molecule has 1 aromatic carbocycles. The highest BCUT2D eigenvalue weighted by Crippen LogP contribution is 2.59. The Morgan fingerprint density at radius 3 is 2.56 bits per heavy atom. The molecule has 3 heteroatoms. The predicted octanol–water partition coefficient (Wildman–Crippen LogP) is 4.80. The van der Waals surface area contributed by atoms with E-state index in [-0.39, 0.29) is 5.41 Å². The number of hydrogen-bond donors (Lipinski definition) is 0. The third-order valence-electron chi connectivity index (χ3n) is 6.49. The van der Waals surface area contributed by atoms with E-state index in [0.29, 0.717) is 6.17 Å². The standard InChI is InChI=1S/C22H25N3/c1-15-9-10-18-17-7-6-8-19(25-14-13-24(3)16(25)2)20(17)22(21(18)23-15)11-4-5-12-22/h6-10,13-14,16H,4-5,11-12H2,1-3H3/t16-/m0/s1. The van der Waals surface area contributed by atoms with Crippen LogP contribution in [0.4, 0.5) is 5.69 Å². The first kappa shape index (κ1) is 15.0. The number of aromatic nitrogens is 1. The lowest BCUT2D eigenvalue weighted by atomic mass is 9.78. The van der Waals surface area contributed by atoms with Crippen molar-refractivity contribution in [1.82, 2.24) is 9.88 Å². The monoisotopic (exact) mass is 331 g/mol. The van der Waals surface area contributed by atoms with Gasteiger partial charge in [-0.25, -0.2) is 0 Å². The molecule has 3 aliphatic rings. The van der Waals surface area contributed by atoms with Gasteiger partial charge >= 0.3 is 0 Å². The summed E-state index contributed by atoms with van der Waals surface area (Å²) >= 11 is 0. The Kier molecular flexibility index (Phi) is 3.06. The number of pyridine rings is 1. The van der Waals surface area contributed by atoms with Crippen LogP contribution in [0, 0.1) is 6.92 Å². The van der Waals surface area contributed by atoms with Crippen LogP contribution < -0.4 is 4.90 Å². The number of benzene rings is 1. The van der Waals surface area contributed by atoms with Crippen LogP contribution in [0.25, 0.3) is 11.1 Å². The SMILES string of the molecule is Cc1ccc2c(n1)C1(CCCC1)c1c-2cccc1N1C=CN(C)[C@@H]1C. The van der Waals surface area contributed by atoms with Gasteiger partial charge in [-0.3, -0.25) is 4.98 Å². The molecule has 1 fully saturated rings. The average molecular weight is 331 g/mol. The predicted molar refractivity (Wildman–Crippen MR) is 103 cm³/mol. The van der Waals surface area contributed by atoms with Gasteiger partial charge in [-0.1, -0.05) is 31.0 Å². The minimum absolute atomic E-state index is 0.113. The van der Waals surface area contributed by atoms with Gasteiger partial charge in [0.2, 0.25) is 0 Å². The molecule has 5 rings (SSSR count). The molecular formula is C22H25N3. The van der Waals surface area contributed by atoms with Gasteiger partial charge in [-0.05, 0) is 49.9 Å². The van der Waals surface area contributed by atoms with Gasteiger partial charge in [-0.2, -0.15) is 0 Å². The molecule has 0 unspecified atom stereocenters. The van der Waals surface area contributed by atoms with Crippen LogP contribution in [0.3, 0.4) is 0 Å². The minimum atomic E-state index is 0.113. The van der Waals surface area contributed by atoms with Crippen molar-refractivity contribution in [2.45, 2.75) is 51.1 Å². The molecule has 2 aromatic rings. The van der Waals surface area contributed by atoms with E-state index >= 15 is 0 Å². The van der Waals surface area contributed by atoms with E-state index in [9.17, 15) is 0 Å². The molecule has 0 saturated heterocycles. The van der Waals surface area contributed by atoms with Crippen molar-refractivity contribution in [1.29, 1.82) is 0 Å². The third kappa shape index (κ3) is 1.90. The van der Waals surface area contributed by atoms with E-state index in [1.807, 2.05) is 0 Å². The number of aryl methyl sites for hydroxylation is 1. The molecular weight excluding hydrogens is 306 g/mol. The van der Waals surface area contributed by atoms with Crippen LogP contribution in [0.15, 0.2) is 42.7 Å². The quantitative estimate of drug-likeness (QED) is 0.748. The van der Waals surface area contributed by atoms with Crippen molar-refractivity contribution >= 4 is 5.69 Å². The lowest BCUT2D eigenvalue weighted by Gasteiger charge is -2.33. The van der Waals surface area contributed by atoms with Crippen molar-refractivity contribution in [2.24, 2.45) is 0 Å². The van der Waals surface area contributed by atoms with E-state index in [0.717, 1.165) is 5.69 Å². The molecule has 1 spiro atoms. The second kappa shape index (κ2) is 5.10. The Labute approximate surface area is 150 Å². The third-order valence-corrected chi connectivity index (χ3v) is 6.49. The van der Waals surface area contributed by atoms with Crippen molar-refractivity contribution < 1.29 is 0 Å². The fourth-order valence-corrected chi connectivity index (χ4v) is 5.11. The molecule has 3 nitrogen and oxygen atoms in total. The minimum Gasteiger partial charge on any atom is -0.359 e. The number of nitrogens with zero attached hydrogens (tertiary/aromatic N) is 3. The highest BCUT2D eigenvalue weighted by atomic mass is 15.4. The normalized spacial score (nSPS) is 22.8. The van der Waals surface area contributed by atoms with Gasteiger partial charge < -0.3 is 9.80 Å². The van der Waals surface area contributed by atoms with Gasteiger partial charge in [0.15, 0.2) is 0 Å². The van der Waals surface area contributed by atoms with E-state index in [1.165, 1.54) is 53.8 Å². The van der Waals surface area contributed by atoms with Gasteiger partial charge in [-0.15, -0.1) is 0 Å². The van der Waals surface area contributed by atoms with Crippen LogP contribution in [0.5, 0.6) is 0 Å². The van der Waals surface area contributed by atoms with Crippen LogP contribution in [0.2, 0.25) is 0 Å². The van der Waals surface area contributed by atoms with Gasteiger partial charge in [0, 0.05) is 41.8 Å². The van der Waals surface area contributed by atoms with E-state index in [1.54, 1.807) is 0 Å². The molecule has 1 aliphatic heterocycles. The summed E-state index contributed by atoms with van der Waals surface area (Å²) in [7, 11) is 2.15. The fraction of sp³-hybridized carbons (Fsp3) is 0.409. The molecule has 2 heterocycles. The zero-order chi connectivity index (χ0) is 17.2. The lowest BCUT2D eigenvalue weighted by Crippen LogP contribution is -2.35. The van der Waals surface area contributed by atoms with Crippen molar-refractivity contribution in [3.05, 3.63) is 59.7 Å². The average Bonchev–Trinajstić information content (AvgIpc) is 3.29. The van der Waals surface area contributed by atoms with E-state index in [4.69, 9.17) is 4.98 Å². The van der Waals surface area contributed by atoms with Crippen LogP contribution in [0.1, 0.15) is 49.6 Å². The maximum atomic E-state index is 5.06. The second-order valence-electron chi connectivity index (χ2n) is 7.84. The molecule has 0 amide bonds. The van der Waals surface area contributed by atoms with Crippen LogP contribution >= 0.6 is 0 Å². The summed E-state index contributed by atoms with van der Waals surface area (Å²) in [6.07, 6.45) is 9.80. The van der Waals surface area contributed by atoms with Crippen molar-refractivity contribution in [2.75, 3.05) is 11.9 Å². The summed E-state index contributed by atoms with van der Waals surface area (Å²) in [5.74, 6) is 0. The molecule has 0 N–H and O–H groups in total. The molecule has 25 heavy (non-hydrogen) atoms. The maximum Gasteiger partial charge on any atom is 0.102 e. The summed E-state index contributed by atoms with van der Waals surface area (Å²) in [6, 6.07) is 11.3. The second-order valence-corrected chi connectivity index (χ2v) is 7.84. The molecule has 2 aliphatic carbocycles. The topological polar surface area (TPSA) is 19.4 Å². The van der Waals surface area contributed by atoms with Gasteiger partial charge in [0.05, 0.1) is 5.69 Å². The molecule has 1 saturated carbocycles. The summed E-state index contributed by atoms with van der Waals surface area (Å²) in [4.78, 5) is 9.76. The van der Waals surface area contributed by atoms with E-state index in [2.05, 4.69) is 73.4 Å². The largest absolute Gasteiger partial charge is 0.359 e. The van der Waals surface area contributed by atoms with E-state index < -0.39 is 0 Å². The zero-order valence-electron chi connectivity index (χ0n) is 15.3. The molecule has 0 radical (unpaired) electrons. The first-order chi connectivity index (χ1) is 12.1. The van der Waals surface area contributed by atoms with Gasteiger partial charge in [0.1, 0.15) is 6.17 Å². The van der Waals surface area contributed by atoms with Crippen molar-refractivity contribution in [3.8, 4) is 11.1 Å². The first-order valence-electron chi connectivity index (χ1n) is 9.42. The zero-order valence-corrected chi connectivity index (χ0v) is 15.3. The Morgan fingerprint density at radius 2 is 1.84 bits per heavy atom. The fourth-order valence-electron chi connectivity index (χ4n) is 5.11. The Balaban J connectivity index is 1.77. The maximum absolute atomic E-state index is 5.06. The molecule has 128 valence electrons. The Bertz CT molecular complexity index is 877. The van der Waals surface area contributed by atoms with Crippen LogP contribution in [-0.4, -0.2) is 23.1 Å². The molecule has 1 atom stereocenters. The first-order valence-corrected chi connectivity index (χ1v) is 9.42. The summed E-state index contributed by atoms with van der Waals surface area (Å²) in [5, 5.41) is 0. The number of anilines is 1. The smallest absolute Gasteiger partial charge is 0.102 e. The number of fused-ring (bicyclic) bond motifs is 5. The summed E-state index contributed by atoms with van der Waals surface area (Å²) in [6.45, 7) is 4.39. The summed E-state index contributed by atoms with van der Waals surface area (Å²) < 4.78 is 0. The summed E-state index contributed by atoms with van der Waals surface area (Å²) in [5.41, 5.74) is 8.22. The Morgan fingerprint density at radius 1 is 1.04 bits per heavy atom. The number of rotatable bonds is 1. The number of hydrogen-bond acceptors (Lipinski definition) is 3.